The summed E-state index contributed by atoms with van der Waals surface area (Å²) in [6.45, 7) is 1.48. The van der Waals surface area contributed by atoms with Gasteiger partial charge in [0.05, 0.1) is 4.90 Å². The fourth-order valence-corrected chi connectivity index (χ4v) is 2.67. The number of anilines is 1. The van der Waals surface area contributed by atoms with Crippen LogP contribution >= 0.6 is 0 Å². The molecule has 17 heavy (non-hydrogen) atoms. The van der Waals surface area contributed by atoms with Gasteiger partial charge in [-0.3, -0.25) is 0 Å². The van der Waals surface area contributed by atoms with Gasteiger partial charge in [-0.25, -0.2) is 17.5 Å². The molecule has 1 unspecified atom stereocenters. The predicted octanol–water partition coefficient (Wildman–Crippen LogP) is 0.457. The minimum Gasteiger partial charge on any atom is -0.399 e. The molecular weight excluding hydrogens is 247 g/mol. The molecule has 0 saturated heterocycles. The summed E-state index contributed by atoms with van der Waals surface area (Å²) in [5.41, 5.74) is 5.42. The zero-order valence-electron chi connectivity index (χ0n) is 9.35. The van der Waals surface area contributed by atoms with E-state index < -0.39 is 21.9 Å². The van der Waals surface area contributed by atoms with Gasteiger partial charge in [-0.05, 0) is 31.5 Å². The van der Waals surface area contributed by atoms with Crippen LogP contribution < -0.4 is 10.5 Å². The normalized spacial score (nSPS) is 13.6. The number of hydrogen-bond acceptors (Lipinski definition) is 4. The number of sulfonamides is 1. The summed E-state index contributed by atoms with van der Waals surface area (Å²) in [4.78, 5) is -0.222. The number of aliphatic hydroxyl groups excluding tert-OH is 1. The first-order valence-corrected chi connectivity index (χ1v) is 6.52. The quantitative estimate of drug-likeness (QED) is 0.672. The zero-order chi connectivity index (χ0) is 13.1. The Kier molecular flexibility index (Phi) is 4.44. The standard InChI is InChI=1S/C10H15FN2O3S/c1-7(2-3-14)13-17(15,16)10-5-8(11)4-9(12)6-10/h4-7,13-14H,2-3,12H2,1H3. The number of nitrogens with two attached hydrogens (primary N) is 1. The SMILES string of the molecule is CC(CCO)NS(=O)(=O)c1cc(N)cc(F)c1. The Hall–Kier alpha value is -1.18. The van der Waals surface area contributed by atoms with Crippen LogP contribution in [0.4, 0.5) is 10.1 Å². The monoisotopic (exact) mass is 262 g/mol. The fraction of sp³-hybridized carbons (Fsp3) is 0.400. The Balaban J connectivity index is 2.97. The molecule has 0 fully saturated rings. The molecule has 0 heterocycles. The van der Waals surface area contributed by atoms with Crippen molar-refractivity contribution in [1.82, 2.24) is 4.72 Å². The first-order chi connectivity index (χ1) is 7.85. The van der Waals surface area contributed by atoms with Crippen molar-refractivity contribution < 1.29 is 17.9 Å². The minimum absolute atomic E-state index is 0.0418. The molecule has 0 spiro atoms. The summed E-state index contributed by atoms with van der Waals surface area (Å²) >= 11 is 0. The number of rotatable bonds is 5. The van der Waals surface area contributed by atoms with Gasteiger partial charge in [0.15, 0.2) is 0 Å². The van der Waals surface area contributed by atoms with Crippen molar-refractivity contribution in [1.29, 1.82) is 0 Å². The molecule has 0 bridgehead atoms. The lowest BCUT2D eigenvalue weighted by Crippen LogP contribution is -2.33. The molecule has 0 radical (unpaired) electrons. The third kappa shape index (κ3) is 3.95. The Morgan fingerprint density at radius 3 is 2.65 bits per heavy atom. The second kappa shape index (κ2) is 5.44. The van der Waals surface area contributed by atoms with Crippen molar-refractivity contribution in [3.63, 3.8) is 0 Å². The van der Waals surface area contributed by atoms with E-state index in [2.05, 4.69) is 4.72 Å². The van der Waals surface area contributed by atoms with Gasteiger partial charge in [0, 0.05) is 18.3 Å². The number of hydrogen-bond donors (Lipinski definition) is 3. The third-order valence-corrected chi connectivity index (χ3v) is 3.69. The molecule has 96 valence electrons. The van der Waals surface area contributed by atoms with E-state index in [-0.39, 0.29) is 23.6 Å². The number of benzene rings is 1. The van der Waals surface area contributed by atoms with Crippen molar-refractivity contribution in [3.05, 3.63) is 24.0 Å². The third-order valence-electron chi connectivity index (χ3n) is 2.12. The van der Waals surface area contributed by atoms with Gasteiger partial charge in [0.25, 0.3) is 0 Å². The van der Waals surface area contributed by atoms with Crippen molar-refractivity contribution >= 4 is 15.7 Å². The Bertz CT molecular complexity index is 470. The number of nitrogen functional groups attached to an aromatic ring is 1. The summed E-state index contributed by atoms with van der Waals surface area (Å²) < 4.78 is 39.0. The molecule has 1 aromatic rings. The van der Waals surface area contributed by atoms with Crippen LogP contribution in [-0.4, -0.2) is 26.2 Å². The van der Waals surface area contributed by atoms with Crippen LogP contribution in [0.15, 0.2) is 23.1 Å². The van der Waals surface area contributed by atoms with Crippen LogP contribution in [0.25, 0.3) is 0 Å². The predicted molar refractivity (Wildman–Crippen MR) is 62.3 cm³/mol. The maximum absolute atomic E-state index is 13.0. The molecule has 1 aromatic carbocycles. The molecule has 0 aliphatic rings. The highest BCUT2D eigenvalue weighted by molar-refractivity contribution is 7.89. The van der Waals surface area contributed by atoms with E-state index in [4.69, 9.17) is 10.8 Å². The maximum Gasteiger partial charge on any atom is 0.240 e. The zero-order valence-corrected chi connectivity index (χ0v) is 10.2. The maximum atomic E-state index is 13.0. The summed E-state index contributed by atoms with van der Waals surface area (Å²) in [6, 6.07) is 2.67. The average Bonchev–Trinajstić information content (AvgIpc) is 2.15. The lowest BCUT2D eigenvalue weighted by atomic mass is 10.3. The highest BCUT2D eigenvalue weighted by Crippen LogP contribution is 2.16. The summed E-state index contributed by atoms with van der Waals surface area (Å²) in [6.07, 6.45) is 0.282. The van der Waals surface area contributed by atoms with Crippen LogP contribution in [0.3, 0.4) is 0 Å². The van der Waals surface area contributed by atoms with Gasteiger partial charge >= 0.3 is 0 Å². The fourth-order valence-electron chi connectivity index (χ4n) is 1.33. The molecule has 7 heteroatoms. The highest BCUT2D eigenvalue weighted by atomic mass is 32.2. The summed E-state index contributed by atoms with van der Waals surface area (Å²) in [5.74, 6) is -0.708. The van der Waals surface area contributed by atoms with Crippen molar-refractivity contribution in [3.8, 4) is 0 Å². The summed E-state index contributed by atoms with van der Waals surface area (Å²) in [5, 5.41) is 8.68. The second-order valence-corrected chi connectivity index (χ2v) is 5.47. The Morgan fingerprint density at radius 2 is 2.12 bits per heavy atom. The van der Waals surface area contributed by atoms with E-state index in [0.29, 0.717) is 0 Å². The molecule has 4 N–H and O–H groups in total. The van der Waals surface area contributed by atoms with Crippen LogP contribution in [0.5, 0.6) is 0 Å². The molecule has 1 rings (SSSR count). The largest absolute Gasteiger partial charge is 0.399 e. The van der Waals surface area contributed by atoms with Crippen LogP contribution in [0.1, 0.15) is 13.3 Å². The smallest absolute Gasteiger partial charge is 0.240 e. The van der Waals surface area contributed by atoms with Crippen LogP contribution in [0, 0.1) is 5.82 Å². The first-order valence-electron chi connectivity index (χ1n) is 5.04. The molecule has 0 aromatic heterocycles. The van der Waals surface area contributed by atoms with Gasteiger partial charge in [-0.1, -0.05) is 0 Å². The van der Waals surface area contributed by atoms with E-state index in [0.717, 1.165) is 12.1 Å². The topological polar surface area (TPSA) is 92.4 Å². The lowest BCUT2D eigenvalue weighted by molar-refractivity contribution is 0.275. The van der Waals surface area contributed by atoms with Gasteiger partial charge in [0.1, 0.15) is 5.82 Å². The van der Waals surface area contributed by atoms with E-state index >= 15 is 0 Å². The van der Waals surface area contributed by atoms with Crippen LogP contribution in [-0.2, 0) is 10.0 Å². The van der Waals surface area contributed by atoms with Crippen molar-refractivity contribution in [2.75, 3.05) is 12.3 Å². The van der Waals surface area contributed by atoms with Gasteiger partial charge in [0.2, 0.25) is 10.0 Å². The Labute approximate surface area is 99.5 Å². The average molecular weight is 262 g/mol. The molecule has 0 saturated carbocycles. The number of nitrogens with one attached hydrogen (secondary N) is 1. The number of halogens is 1. The number of aliphatic hydroxyl groups is 1. The Morgan fingerprint density at radius 1 is 1.47 bits per heavy atom. The van der Waals surface area contributed by atoms with Gasteiger partial charge < -0.3 is 10.8 Å². The second-order valence-electron chi connectivity index (χ2n) is 3.75. The molecular formula is C10H15FN2O3S. The van der Waals surface area contributed by atoms with E-state index in [1.807, 2.05) is 0 Å². The van der Waals surface area contributed by atoms with E-state index in [9.17, 15) is 12.8 Å². The highest BCUT2D eigenvalue weighted by Gasteiger charge is 2.18. The van der Waals surface area contributed by atoms with Gasteiger partial charge in [-0.15, -0.1) is 0 Å². The van der Waals surface area contributed by atoms with Crippen LogP contribution in [0.2, 0.25) is 0 Å². The first kappa shape index (κ1) is 13.9. The van der Waals surface area contributed by atoms with Gasteiger partial charge in [-0.2, -0.15) is 0 Å². The summed E-state index contributed by atoms with van der Waals surface area (Å²) in [7, 11) is -3.81. The molecule has 0 aliphatic carbocycles. The molecule has 1 atom stereocenters. The van der Waals surface area contributed by atoms with E-state index in [1.54, 1.807) is 6.92 Å². The lowest BCUT2D eigenvalue weighted by Gasteiger charge is -2.13. The molecule has 0 aliphatic heterocycles. The van der Waals surface area contributed by atoms with Crippen molar-refractivity contribution in [2.24, 2.45) is 0 Å². The molecule has 0 amide bonds. The van der Waals surface area contributed by atoms with E-state index in [1.165, 1.54) is 6.07 Å². The minimum atomic E-state index is -3.81. The van der Waals surface area contributed by atoms with Crippen molar-refractivity contribution in [2.45, 2.75) is 24.3 Å². The molecule has 5 nitrogen and oxygen atoms in total.